The Labute approximate surface area is 264 Å². The van der Waals surface area contributed by atoms with Crippen LogP contribution < -0.4 is 0 Å². The lowest BCUT2D eigenvalue weighted by Gasteiger charge is -2.39. The molecular weight excluding hydrogens is 566 g/mol. The number of piperidine rings is 1. The van der Waals surface area contributed by atoms with E-state index >= 15 is 0 Å². The van der Waals surface area contributed by atoms with Gasteiger partial charge in [0.05, 0.1) is 15.6 Å². The largest absolute Gasteiger partial charge is 0.341 e. The van der Waals surface area contributed by atoms with Gasteiger partial charge in [-0.25, -0.2) is 4.98 Å². The molecule has 1 aliphatic heterocycles. The van der Waals surface area contributed by atoms with Crippen LogP contribution in [0.15, 0.2) is 85.2 Å². The summed E-state index contributed by atoms with van der Waals surface area (Å²) in [6.07, 6.45) is 9.30. The van der Waals surface area contributed by atoms with Gasteiger partial charge in [0.15, 0.2) is 0 Å². The number of carbonyl (C=O) groups is 2. The van der Waals surface area contributed by atoms with Crippen molar-refractivity contribution < 1.29 is 9.59 Å². The van der Waals surface area contributed by atoms with Crippen molar-refractivity contribution in [3.8, 4) is 11.1 Å². The molecule has 0 saturated carbocycles. The lowest BCUT2D eigenvalue weighted by molar-refractivity contribution is -0.145. The van der Waals surface area contributed by atoms with Crippen LogP contribution in [0.4, 0.5) is 0 Å². The molecule has 7 nitrogen and oxygen atoms in total. The Hall–Kier alpha value is -4.14. The Balaban J connectivity index is 1.47. The molecular formula is C36H41N5O2S. The van der Waals surface area contributed by atoms with Crippen molar-refractivity contribution in [3.63, 3.8) is 0 Å². The van der Waals surface area contributed by atoms with Gasteiger partial charge in [-0.3, -0.25) is 14.6 Å². The number of aromatic nitrogens is 2. The molecule has 0 N–H and O–H groups in total. The molecule has 2 amide bonds. The fourth-order valence-electron chi connectivity index (χ4n) is 5.81. The summed E-state index contributed by atoms with van der Waals surface area (Å²) in [5, 5.41) is 0.957. The monoisotopic (exact) mass is 607 g/mol. The van der Waals surface area contributed by atoms with Crippen LogP contribution in [0, 0.1) is 13.8 Å². The SMILES string of the molecule is Cc1nc(C)c(/C=C/C(=O)N(Cc2ccc(-c3ccncc3)cc2)[C@@H](Cc2ccccc2)C(=O)N2CCC(N(C)C)CC2)s1. The van der Waals surface area contributed by atoms with E-state index in [1.807, 2.05) is 79.4 Å². The van der Waals surface area contributed by atoms with Gasteiger partial charge >= 0.3 is 0 Å². The first-order chi connectivity index (χ1) is 21.3. The van der Waals surface area contributed by atoms with Gasteiger partial charge in [-0.05, 0) is 81.2 Å². The third kappa shape index (κ3) is 7.87. The van der Waals surface area contributed by atoms with Gasteiger partial charge in [-0.15, -0.1) is 11.3 Å². The van der Waals surface area contributed by atoms with Gasteiger partial charge in [0.1, 0.15) is 6.04 Å². The number of carbonyl (C=O) groups excluding carboxylic acids is 2. The molecule has 1 atom stereocenters. The fraction of sp³-hybridized carbons (Fsp3) is 0.333. The van der Waals surface area contributed by atoms with E-state index in [4.69, 9.17) is 0 Å². The van der Waals surface area contributed by atoms with E-state index in [1.165, 1.54) is 0 Å². The number of benzene rings is 2. The lowest BCUT2D eigenvalue weighted by atomic mass is 9.98. The molecule has 0 aliphatic carbocycles. The smallest absolute Gasteiger partial charge is 0.247 e. The first-order valence-electron chi connectivity index (χ1n) is 15.2. The van der Waals surface area contributed by atoms with Crippen molar-refractivity contribution in [3.05, 3.63) is 112 Å². The Morgan fingerprint density at radius 1 is 0.932 bits per heavy atom. The second-order valence-corrected chi connectivity index (χ2v) is 12.9. The van der Waals surface area contributed by atoms with Crippen molar-refractivity contribution in [1.29, 1.82) is 0 Å². The van der Waals surface area contributed by atoms with Crippen LogP contribution >= 0.6 is 11.3 Å². The second-order valence-electron chi connectivity index (χ2n) is 11.6. The maximum absolute atomic E-state index is 14.4. The molecule has 1 fully saturated rings. The van der Waals surface area contributed by atoms with E-state index < -0.39 is 6.04 Å². The number of hydrogen-bond acceptors (Lipinski definition) is 6. The Bertz CT molecular complexity index is 1560. The Morgan fingerprint density at radius 3 is 2.20 bits per heavy atom. The zero-order chi connectivity index (χ0) is 31.1. The lowest BCUT2D eigenvalue weighted by Crippen LogP contribution is -2.54. The highest BCUT2D eigenvalue weighted by atomic mass is 32.1. The van der Waals surface area contributed by atoms with Gasteiger partial charge in [0.25, 0.3) is 0 Å². The molecule has 0 spiro atoms. The highest BCUT2D eigenvalue weighted by molar-refractivity contribution is 7.12. The molecule has 1 saturated heterocycles. The van der Waals surface area contributed by atoms with Crippen molar-refractivity contribution >= 4 is 29.2 Å². The van der Waals surface area contributed by atoms with Crippen LogP contribution in [0.1, 0.15) is 39.5 Å². The number of hydrogen-bond donors (Lipinski definition) is 0. The van der Waals surface area contributed by atoms with Crippen molar-refractivity contribution in [1.82, 2.24) is 24.7 Å². The van der Waals surface area contributed by atoms with Gasteiger partial charge in [0, 0.05) is 50.6 Å². The van der Waals surface area contributed by atoms with Crippen LogP contribution in [0.25, 0.3) is 17.2 Å². The molecule has 0 bridgehead atoms. The molecule has 3 heterocycles. The topological polar surface area (TPSA) is 69.6 Å². The standard InChI is InChI=1S/C36H41N5O2S/c1-26-34(44-27(2)38-26)14-15-35(42)41(25-29-10-12-30(13-11-29)31-16-20-37-21-17-31)33(24-28-8-6-5-7-9-28)36(43)40-22-18-32(19-23-40)39(3)4/h5-17,20-21,32-33H,18-19,22-25H2,1-4H3/b15-14+/t33-/m0/s1. The summed E-state index contributed by atoms with van der Waals surface area (Å²) < 4.78 is 0. The first kappa shape index (κ1) is 31.3. The van der Waals surface area contributed by atoms with E-state index in [2.05, 4.69) is 41.1 Å². The third-order valence-corrected chi connectivity index (χ3v) is 9.40. The highest BCUT2D eigenvalue weighted by Crippen LogP contribution is 2.24. The number of pyridine rings is 1. The zero-order valence-electron chi connectivity index (χ0n) is 26.0. The minimum Gasteiger partial charge on any atom is -0.341 e. The number of likely N-dealkylation sites (tertiary alicyclic amines) is 1. The summed E-state index contributed by atoms with van der Waals surface area (Å²) in [4.78, 5) is 44.0. The van der Waals surface area contributed by atoms with Gasteiger partial charge < -0.3 is 14.7 Å². The molecule has 2 aromatic carbocycles. The third-order valence-electron chi connectivity index (χ3n) is 8.36. The molecule has 8 heteroatoms. The molecule has 1 aliphatic rings. The predicted molar refractivity (Wildman–Crippen MR) is 178 cm³/mol. The molecule has 5 rings (SSSR count). The quantitative estimate of drug-likeness (QED) is 0.206. The molecule has 0 radical (unpaired) electrons. The molecule has 228 valence electrons. The summed E-state index contributed by atoms with van der Waals surface area (Å²) >= 11 is 1.56. The van der Waals surface area contributed by atoms with E-state index in [0.717, 1.165) is 50.7 Å². The minimum absolute atomic E-state index is 0.00558. The normalized spacial score (nSPS) is 14.7. The summed E-state index contributed by atoms with van der Waals surface area (Å²) in [6, 6.07) is 22.0. The van der Waals surface area contributed by atoms with E-state index in [1.54, 1.807) is 34.7 Å². The van der Waals surface area contributed by atoms with Crippen molar-refractivity contribution in [2.75, 3.05) is 27.2 Å². The van der Waals surface area contributed by atoms with Gasteiger partial charge in [0.2, 0.25) is 11.8 Å². The fourth-order valence-corrected chi connectivity index (χ4v) is 6.64. The zero-order valence-corrected chi connectivity index (χ0v) is 26.8. The average Bonchev–Trinajstić information content (AvgIpc) is 3.38. The van der Waals surface area contributed by atoms with Crippen LogP contribution in [-0.4, -0.2) is 75.8 Å². The van der Waals surface area contributed by atoms with Crippen LogP contribution in [0.5, 0.6) is 0 Å². The number of thiazole rings is 1. The molecule has 4 aromatic rings. The predicted octanol–water partition coefficient (Wildman–Crippen LogP) is 6.03. The summed E-state index contributed by atoms with van der Waals surface area (Å²) in [6.45, 7) is 5.61. The molecule has 0 unspecified atom stereocenters. The van der Waals surface area contributed by atoms with Gasteiger partial charge in [-0.1, -0.05) is 54.6 Å². The minimum atomic E-state index is -0.644. The van der Waals surface area contributed by atoms with Crippen molar-refractivity contribution in [2.24, 2.45) is 0 Å². The molecule has 2 aromatic heterocycles. The number of amides is 2. The van der Waals surface area contributed by atoms with Crippen molar-refractivity contribution in [2.45, 2.75) is 51.7 Å². The van der Waals surface area contributed by atoms with Crippen LogP contribution in [0.2, 0.25) is 0 Å². The number of aryl methyl sites for hydroxylation is 2. The number of nitrogens with zero attached hydrogens (tertiary/aromatic N) is 5. The summed E-state index contributed by atoms with van der Waals surface area (Å²) in [5.41, 5.74) is 5.04. The maximum atomic E-state index is 14.4. The Morgan fingerprint density at radius 2 is 1.59 bits per heavy atom. The van der Waals surface area contributed by atoms with Crippen LogP contribution in [-0.2, 0) is 22.6 Å². The summed E-state index contributed by atoms with van der Waals surface area (Å²) in [5.74, 6) is -0.183. The van der Waals surface area contributed by atoms with E-state index in [-0.39, 0.29) is 11.8 Å². The second kappa shape index (κ2) is 14.6. The number of rotatable bonds is 10. The van der Waals surface area contributed by atoms with E-state index in [9.17, 15) is 9.59 Å². The highest BCUT2D eigenvalue weighted by Gasteiger charge is 2.34. The first-order valence-corrected chi connectivity index (χ1v) is 16.0. The Kier molecular flexibility index (Phi) is 10.4. The average molecular weight is 608 g/mol. The van der Waals surface area contributed by atoms with Crippen LogP contribution in [0.3, 0.4) is 0 Å². The van der Waals surface area contributed by atoms with E-state index in [0.29, 0.717) is 32.1 Å². The summed E-state index contributed by atoms with van der Waals surface area (Å²) in [7, 11) is 4.19. The molecule has 44 heavy (non-hydrogen) atoms. The maximum Gasteiger partial charge on any atom is 0.247 e. The van der Waals surface area contributed by atoms with Gasteiger partial charge in [-0.2, -0.15) is 0 Å².